The molecule has 0 spiro atoms. The molecular weight excluding hydrogens is 490 g/mol. The lowest BCUT2D eigenvalue weighted by molar-refractivity contribution is -0.140. The number of fused-ring (bicyclic) bond motifs is 1. The van der Waals surface area contributed by atoms with Crippen molar-refractivity contribution in [1.29, 1.82) is 0 Å². The molecule has 1 aliphatic rings. The summed E-state index contributed by atoms with van der Waals surface area (Å²) in [5.41, 5.74) is -0.907. The lowest BCUT2D eigenvalue weighted by Gasteiger charge is -2.13. The van der Waals surface area contributed by atoms with Crippen LogP contribution in [0.5, 0.6) is 11.5 Å². The number of hydrogen-bond acceptors (Lipinski definition) is 6. The van der Waals surface area contributed by atoms with Crippen LogP contribution in [-0.4, -0.2) is 31.0 Å². The van der Waals surface area contributed by atoms with E-state index in [0.29, 0.717) is 42.2 Å². The Morgan fingerprint density at radius 3 is 2.37 bits per heavy atom. The van der Waals surface area contributed by atoms with Crippen LogP contribution in [0.4, 0.5) is 28.4 Å². The maximum absolute atomic E-state index is 13.5. The molecule has 12 heteroatoms. The Morgan fingerprint density at radius 2 is 1.74 bits per heavy atom. The minimum Gasteiger partial charge on any atom is -0.497 e. The molecule has 2 amide bonds. The van der Waals surface area contributed by atoms with Gasteiger partial charge in [-0.2, -0.15) is 13.2 Å². The number of halogens is 4. The van der Waals surface area contributed by atoms with Crippen LogP contribution in [0.15, 0.2) is 36.4 Å². The van der Waals surface area contributed by atoms with Gasteiger partial charge in [0.2, 0.25) is 5.91 Å². The Bertz CT molecular complexity index is 1270. The van der Waals surface area contributed by atoms with Gasteiger partial charge in [-0.1, -0.05) is 0 Å². The topological polar surface area (TPSA) is 89.6 Å². The average Bonchev–Trinajstić information content (AvgIpc) is 3.39. The van der Waals surface area contributed by atoms with Crippen LogP contribution in [0, 0.1) is 5.82 Å². The molecule has 0 bridgehead atoms. The molecule has 3 aromatic rings. The van der Waals surface area contributed by atoms with Gasteiger partial charge in [0.05, 0.1) is 31.4 Å². The predicted octanol–water partition coefficient (Wildman–Crippen LogP) is 5.24. The largest absolute Gasteiger partial charge is 0.497 e. The third-order valence-corrected chi connectivity index (χ3v) is 6.45. The quantitative estimate of drug-likeness (QED) is 0.444. The van der Waals surface area contributed by atoms with Crippen LogP contribution in [0.2, 0.25) is 0 Å². The molecule has 0 saturated heterocycles. The van der Waals surface area contributed by atoms with Gasteiger partial charge in [-0.05, 0) is 43.2 Å². The third-order valence-electron chi connectivity index (χ3n) is 5.41. The van der Waals surface area contributed by atoms with Crippen molar-refractivity contribution in [2.75, 3.05) is 24.9 Å². The first-order valence-electron chi connectivity index (χ1n) is 10.3. The molecule has 184 valence electrons. The summed E-state index contributed by atoms with van der Waals surface area (Å²) >= 11 is 1.22. The highest BCUT2D eigenvalue weighted by atomic mass is 32.1. The summed E-state index contributed by atoms with van der Waals surface area (Å²) in [7, 11) is 2.92. The van der Waals surface area contributed by atoms with Crippen molar-refractivity contribution in [3.8, 4) is 11.5 Å². The summed E-state index contributed by atoms with van der Waals surface area (Å²) in [5.74, 6) is -2.30. The number of ether oxygens (including phenoxy) is 2. The van der Waals surface area contributed by atoms with Gasteiger partial charge < -0.3 is 14.8 Å². The van der Waals surface area contributed by atoms with Gasteiger partial charge in [-0.3, -0.25) is 14.9 Å². The van der Waals surface area contributed by atoms with E-state index in [-0.39, 0.29) is 16.4 Å². The summed E-state index contributed by atoms with van der Waals surface area (Å²) in [5, 5.41) is 5.38. The molecule has 0 radical (unpaired) electrons. The Morgan fingerprint density at radius 1 is 1.06 bits per heavy atom. The number of aromatic nitrogens is 1. The fraction of sp³-hybridized carbons (Fsp3) is 0.261. The molecule has 0 saturated carbocycles. The van der Waals surface area contributed by atoms with E-state index in [1.54, 1.807) is 6.07 Å². The highest BCUT2D eigenvalue weighted by Gasteiger charge is 2.36. The van der Waals surface area contributed by atoms with Crippen molar-refractivity contribution < 1.29 is 36.6 Å². The fourth-order valence-electron chi connectivity index (χ4n) is 3.69. The second-order valence-electron chi connectivity index (χ2n) is 7.66. The van der Waals surface area contributed by atoms with Crippen molar-refractivity contribution in [3.63, 3.8) is 0 Å². The second kappa shape index (κ2) is 9.53. The molecule has 1 aromatic heterocycles. The molecule has 1 atom stereocenters. The number of carbonyl (C=O) groups is 2. The monoisotopic (exact) mass is 509 g/mol. The lowest BCUT2D eigenvalue weighted by atomic mass is 10.1. The smallest absolute Gasteiger partial charge is 0.419 e. The average molecular weight is 509 g/mol. The zero-order valence-corrected chi connectivity index (χ0v) is 19.3. The van der Waals surface area contributed by atoms with Crippen molar-refractivity contribution in [3.05, 3.63) is 63.9 Å². The van der Waals surface area contributed by atoms with Gasteiger partial charge in [-0.25, -0.2) is 9.37 Å². The first kappa shape index (κ1) is 24.5. The molecule has 1 heterocycles. The van der Waals surface area contributed by atoms with E-state index in [9.17, 15) is 27.2 Å². The van der Waals surface area contributed by atoms with Gasteiger partial charge in [0.1, 0.15) is 17.3 Å². The van der Waals surface area contributed by atoms with Crippen molar-refractivity contribution >= 4 is 34.0 Å². The maximum Gasteiger partial charge on any atom is 0.419 e. The Hall–Kier alpha value is -3.67. The maximum atomic E-state index is 13.5. The van der Waals surface area contributed by atoms with E-state index in [1.165, 1.54) is 37.7 Å². The number of amides is 2. The summed E-state index contributed by atoms with van der Waals surface area (Å²) < 4.78 is 62.8. The summed E-state index contributed by atoms with van der Waals surface area (Å²) in [6.07, 6.45) is -3.96. The summed E-state index contributed by atoms with van der Waals surface area (Å²) in [6, 6.07) is 6.96. The lowest BCUT2D eigenvalue weighted by Crippen LogP contribution is -2.20. The molecule has 1 unspecified atom stereocenters. The Balaban J connectivity index is 1.49. The van der Waals surface area contributed by atoms with Gasteiger partial charge in [-0.15, -0.1) is 11.3 Å². The summed E-state index contributed by atoms with van der Waals surface area (Å²) in [4.78, 5) is 30.7. The minimum atomic E-state index is -4.89. The van der Waals surface area contributed by atoms with E-state index in [4.69, 9.17) is 9.47 Å². The molecule has 7 nitrogen and oxygen atoms in total. The second-order valence-corrected chi connectivity index (χ2v) is 8.74. The van der Waals surface area contributed by atoms with Crippen molar-refractivity contribution in [1.82, 2.24) is 4.98 Å². The predicted molar refractivity (Wildman–Crippen MR) is 121 cm³/mol. The number of anilines is 2. The van der Waals surface area contributed by atoms with Crippen molar-refractivity contribution in [2.45, 2.75) is 24.9 Å². The van der Waals surface area contributed by atoms with Gasteiger partial charge in [0.25, 0.3) is 5.91 Å². The Kier molecular flexibility index (Phi) is 6.66. The van der Waals surface area contributed by atoms with Crippen LogP contribution in [0.1, 0.15) is 38.8 Å². The molecule has 0 aliphatic heterocycles. The summed E-state index contributed by atoms with van der Waals surface area (Å²) in [6.45, 7) is 0. The highest BCUT2D eigenvalue weighted by Crippen LogP contribution is 2.39. The van der Waals surface area contributed by atoms with Crippen LogP contribution in [-0.2, 0) is 17.4 Å². The standard InChI is InChI=1S/C23H19F4N3O4S/c1-33-13-7-11(8-14(10-13)34-2)20(31)30-22-29-19-15(4-6-18(19)35-22)21(32)28-12-3-5-17(24)16(9-12)23(25,26)27/h3,5,7-10,15H,4,6H2,1-2H3,(H,28,32)(H,29,30,31). The van der Waals surface area contributed by atoms with Crippen LogP contribution in [0.25, 0.3) is 0 Å². The number of carbonyl (C=O) groups excluding carboxylic acids is 2. The van der Waals surface area contributed by atoms with E-state index in [2.05, 4.69) is 15.6 Å². The molecule has 0 fully saturated rings. The number of hydrogen-bond donors (Lipinski definition) is 2. The SMILES string of the molecule is COc1cc(OC)cc(C(=O)Nc2nc3c(s2)CCC3C(=O)Nc2ccc(F)c(C(F)(F)F)c2)c1. The third kappa shape index (κ3) is 5.21. The number of rotatable bonds is 6. The van der Waals surface area contributed by atoms with E-state index >= 15 is 0 Å². The van der Waals surface area contributed by atoms with Crippen LogP contribution in [0.3, 0.4) is 0 Å². The molecule has 2 aromatic carbocycles. The number of benzene rings is 2. The highest BCUT2D eigenvalue weighted by molar-refractivity contribution is 7.16. The molecule has 4 rings (SSSR count). The number of nitrogens with zero attached hydrogens (tertiary/aromatic N) is 1. The number of alkyl halides is 3. The first-order valence-corrected chi connectivity index (χ1v) is 11.1. The van der Waals surface area contributed by atoms with Crippen molar-refractivity contribution in [2.24, 2.45) is 0 Å². The normalized spacial score (nSPS) is 14.9. The van der Waals surface area contributed by atoms with Crippen LogP contribution < -0.4 is 20.1 Å². The number of nitrogens with one attached hydrogen (secondary N) is 2. The van der Waals surface area contributed by atoms with Gasteiger partial charge in [0, 0.05) is 22.2 Å². The number of thiazole rings is 1. The van der Waals surface area contributed by atoms with Gasteiger partial charge >= 0.3 is 6.18 Å². The molecular formula is C23H19F4N3O4S. The number of methoxy groups -OCH3 is 2. The zero-order chi connectivity index (χ0) is 25.3. The molecule has 1 aliphatic carbocycles. The minimum absolute atomic E-state index is 0.173. The molecule has 2 N–H and O–H groups in total. The fourth-order valence-corrected chi connectivity index (χ4v) is 4.73. The molecule has 35 heavy (non-hydrogen) atoms. The van der Waals surface area contributed by atoms with Crippen LogP contribution >= 0.6 is 11.3 Å². The number of aryl methyl sites for hydroxylation is 1. The first-order chi connectivity index (χ1) is 16.6. The van der Waals surface area contributed by atoms with E-state index in [0.717, 1.165) is 10.9 Å². The van der Waals surface area contributed by atoms with Gasteiger partial charge in [0.15, 0.2) is 5.13 Å². The van der Waals surface area contributed by atoms with E-state index in [1.807, 2.05) is 0 Å². The Labute approximate surface area is 201 Å². The van der Waals surface area contributed by atoms with E-state index < -0.39 is 35.3 Å². The zero-order valence-electron chi connectivity index (χ0n) is 18.5.